The van der Waals surface area contributed by atoms with Crippen molar-refractivity contribution >= 4 is 11.8 Å². The number of carbonyl (C=O) groups is 2. The number of hydrogen-bond acceptors (Lipinski definition) is 3. The number of aliphatic hydroxyl groups excluding tert-OH is 1. The van der Waals surface area contributed by atoms with Crippen molar-refractivity contribution in [2.24, 2.45) is 0 Å². The molecule has 0 bridgehead atoms. The molecule has 0 aromatic rings. The van der Waals surface area contributed by atoms with Crippen LogP contribution in [0.4, 0.5) is 0 Å². The lowest BCUT2D eigenvalue weighted by molar-refractivity contribution is -0.136. The lowest BCUT2D eigenvalue weighted by atomic mass is 10.2. The van der Waals surface area contributed by atoms with Crippen LogP contribution < -0.4 is 5.32 Å². The van der Waals surface area contributed by atoms with Crippen molar-refractivity contribution in [1.29, 1.82) is 0 Å². The average Bonchev–Trinajstić information content (AvgIpc) is 2.62. The van der Waals surface area contributed by atoms with E-state index in [1.165, 1.54) is 6.92 Å². The molecule has 14 heavy (non-hydrogen) atoms. The molecule has 0 aliphatic carbocycles. The highest BCUT2D eigenvalue weighted by molar-refractivity contribution is 5.87. The van der Waals surface area contributed by atoms with Crippen LogP contribution in [0.3, 0.4) is 0 Å². The van der Waals surface area contributed by atoms with Gasteiger partial charge in [-0.2, -0.15) is 0 Å². The van der Waals surface area contributed by atoms with Crippen LogP contribution in [0.5, 0.6) is 0 Å². The van der Waals surface area contributed by atoms with Gasteiger partial charge in [0.05, 0.1) is 6.61 Å². The Kier molecular flexibility index (Phi) is 3.88. The number of likely N-dealkylation sites (tertiary alicyclic amines) is 1. The molecule has 5 nitrogen and oxygen atoms in total. The molecule has 0 spiro atoms. The highest BCUT2D eigenvalue weighted by Crippen LogP contribution is 2.16. The first-order valence-corrected chi connectivity index (χ1v) is 4.82. The summed E-state index contributed by atoms with van der Waals surface area (Å²) in [6, 6.07) is -0.334. The van der Waals surface area contributed by atoms with Crippen molar-refractivity contribution in [3.63, 3.8) is 0 Å². The summed E-state index contributed by atoms with van der Waals surface area (Å²) in [5.74, 6) is -0.224. The molecule has 2 amide bonds. The van der Waals surface area contributed by atoms with E-state index in [9.17, 15) is 9.59 Å². The van der Waals surface area contributed by atoms with Crippen LogP contribution in [0.2, 0.25) is 0 Å². The zero-order valence-corrected chi connectivity index (χ0v) is 8.32. The second-order valence-corrected chi connectivity index (χ2v) is 3.39. The third-order valence-corrected chi connectivity index (χ3v) is 2.37. The van der Waals surface area contributed by atoms with Crippen molar-refractivity contribution in [3.8, 4) is 0 Å². The van der Waals surface area contributed by atoms with Crippen LogP contribution >= 0.6 is 0 Å². The Labute approximate surface area is 83.1 Å². The standard InChI is InChI=1S/C9H16N2O3/c1-7(13)11-5-2-3-8(11)9(14)10-4-6-12/h8,12H,2-6H2,1H3,(H,10,14). The molecule has 0 saturated carbocycles. The van der Waals surface area contributed by atoms with Gasteiger partial charge in [0.15, 0.2) is 0 Å². The Morgan fingerprint density at radius 2 is 2.29 bits per heavy atom. The molecule has 1 atom stereocenters. The van der Waals surface area contributed by atoms with Crippen molar-refractivity contribution in [1.82, 2.24) is 10.2 Å². The number of nitrogens with one attached hydrogen (secondary N) is 1. The van der Waals surface area contributed by atoms with E-state index >= 15 is 0 Å². The summed E-state index contributed by atoms with van der Waals surface area (Å²) in [5, 5.41) is 11.1. The van der Waals surface area contributed by atoms with Gasteiger partial charge in [-0.05, 0) is 12.8 Å². The van der Waals surface area contributed by atoms with Crippen LogP contribution in [-0.2, 0) is 9.59 Å². The zero-order valence-electron chi connectivity index (χ0n) is 8.32. The average molecular weight is 200 g/mol. The monoisotopic (exact) mass is 200 g/mol. The van der Waals surface area contributed by atoms with Gasteiger partial charge < -0.3 is 15.3 Å². The van der Waals surface area contributed by atoms with Crippen molar-refractivity contribution in [2.45, 2.75) is 25.8 Å². The van der Waals surface area contributed by atoms with Gasteiger partial charge in [0.1, 0.15) is 6.04 Å². The first-order chi connectivity index (χ1) is 6.66. The minimum atomic E-state index is -0.334. The van der Waals surface area contributed by atoms with Crippen LogP contribution in [0.1, 0.15) is 19.8 Å². The molecule has 0 radical (unpaired) electrons. The van der Waals surface area contributed by atoms with Gasteiger partial charge in [0.2, 0.25) is 11.8 Å². The van der Waals surface area contributed by atoms with Crippen LogP contribution in [0.15, 0.2) is 0 Å². The van der Waals surface area contributed by atoms with Gasteiger partial charge in [-0.1, -0.05) is 0 Å². The van der Waals surface area contributed by atoms with E-state index in [0.717, 1.165) is 12.8 Å². The first kappa shape index (κ1) is 11.0. The second kappa shape index (κ2) is 4.95. The summed E-state index contributed by atoms with van der Waals surface area (Å²) in [4.78, 5) is 24.2. The third kappa shape index (κ3) is 2.45. The molecule has 1 aliphatic heterocycles. The number of hydrogen-bond donors (Lipinski definition) is 2. The van der Waals surface area contributed by atoms with Crippen LogP contribution in [-0.4, -0.2) is 47.6 Å². The van der Waals surface area contributed by atoms with E-state index in [-0.39, 0.29) is 31.0 Å². The Morgan fingerprint density at radius 1 is 1.57 bits per heavy atom. The lowest BCUT2D eigenvalue weighted by Gasteiger charge is -2.22. The zero-order chi connectivity index (χ0) is 10.6. The molecule has 0 aromatic carbocycles. The second-order valence-electron chi connectivity index (χ2n) is 3.39. The highest BCUT2D eigenvalue weighted by Gasteiger charge is 2.31. The summed E-state index contributed by atoms with van der Waals surface area (Å²) in [7, 11) is 0. The van der Waals surface area contributed by atoms with Gasteiger partial charge in [0, 0.05) is 20.0 Å². The summed E-state index contributed by atoms with van der Waals surface area (Å²) >= 11 is 0. The molecule has 5 heteroatoms. The van der Waals surface area contributed by atoms with Gasteiger partial charge in [-0.3, -0.25) is 9.59 Å². The molecule has 80 valence electrons. The van der Waals surface area contributed by atoms with Crippen LogP contribution in [0, 0.1) is 0 Å². The maximum Gasteiger partial charge on any atom is 0.242 e. The Morgan fingerprint density at radius 3 is 2.86 bits per heavy atom. The third-order valence-electron chi connectivity index (χ3n) is 2.37. The van der Waals surface area contributed by atoms with Gasteiger partial charge in [-0.25, -0.2) is 0 Å². The molecule has 1 fully saturated rings. The van der Waals surface area contributed by atoms with Gasteiger partial charge >= 0.3 is 0 Å². The molecule has 1 aliphatic rings. The fourth-order valence-corrected chi connectivity index (χ4v) is 1.71. The van der Waals surface area contributed by atoms with E-state index in [1.54, 1.807) is 4.90 Å². The Bertz CT molecular complexity index is 230. The number of rotatable bonds is 3. The van der Waals surface area contributed by atoms with Crippen molar-refractivity contribution in [3.05, 3.63) is 0 Å². The van der Waals surface area contributed by atoms with Crippen molar-refractivity contribution in [2.75, 3.05) is 19.7 Å². The molecule has 2 N–H and O–H groups in total. The maximum atomic E-state index is 11.5. The Hall–Kier alpha value is -1.10. The van der Waals surface area contributed by atoms with E-state index in [1.807, 2.05) is 0 Å². The lowest BCUT2D eigenvalue weighted by Crippen LogP contribution is -2.45. The van der Waals surface area contributed by atoms with Crippen molar-refractivity contribution < 1.29 is 14.7 Å². The molecule has 1 rings (SSSR count). The topological polar surface area (TPSA) is 69.6 Å². The summed E-state index contributed by atoms with van der Waals surface area (Å²) in [5.41, 5.74) is 0. The van der Waals surface area contributed by atoms with E-state index in [0.29, 0.717) is 6.54 Å². The van der Waals surface area contributed by atoms with E-state index in [2.05, 4.69) is 5.32 Å². The van der Waals surface area contributed by atoms with Gasteiger partial charge in [-0.15, -0.1) is 0 Å². The largest absolute Gasteiger partial charge is 0.395 e. The minimum absolute atomic E-state index is 0.0633. The van der Waals surface area contributed by atoms with E-state index in [4.69, 9.17) is 5.11 Å². The molecule has 1 heterocycles. The van der Waals surface area contributed by atoms with E-state index < -0.39 is 0 Å². The normalized spacial score (nSPS) is 21.0. The summed E-state index contributed by atoms with van der Waals surface area (Å²) in [6.45, 7) is 2.31. The Balaban J connectivity index is 2.49. The number of carbonyl (C=O) groups excluding carboxylic acids is 2. The summed E-state index contributed by atoms with van der Waals surface area (Å²) in [6.07, 6.45) is 1.59. The smallest absolute Gasteiger partial charge is 0.242 e. The molecule has 0 aromatic heterocycles. The fourth-order valence-electron chi connectivity index (χ4n) is 1.71. The van der Waals surface area contributed by atoms with Crippen LogP contribution in [0.25, 0.3) is 0 Å². The maximum absolute atomic E-state index is 11.5. The quantitative estimate of drug-likeness (QED) is 0.620. The SMILES string of the molecule is CC(=O)N1CCCC1C(=O)NCCO. The fraction of sp³-hybridized carbons (Fsp3) is 0.778. The first-order valence-electron chi connectivity index (χ1n) is 4.82. The summed E-state index contributed by atoms with van der Waals surface area (Å²) < 4.78 is 0. The predicted molar refractivity (Wildman–Crippen MR) is 50.5 cm³/mol. The number of aliphatic hydroxyl groups is 1. The number of amides is 2. The minimum Gasteiger partial charge on any atom is -0.395 e. The molecular formula is C9H16N2O3. The molecule has 1 saturated heterocycles. The van der Waals surface area contributed by atoms with Gasteiger partial charge in [0.25, 0.3) is 0 Å². The number of nitrogens with zero attached hydrogens (tertiary/aromatic N) is 1. The molecule has 1 unspecified atom stereocenters. The molecular weight excluding hydrogens is 184 g/mol. The predicted octanol–water partition coefficient (Wildman–Crippen LogP) is -0.894. The highest BCUT2D eigenvalue weighted by atomic mass is 16.3.